The molecule has 7 unspecified atom stereocenters. The van der Waals surface area contributed by atoms with Crippen LogP contribution >= 0.6 is 0 Å². The van der Waals surface area contributed by atoms with E-state index >= 15 is 0 Å². The van der Waals surface area contributed by atoms with E-state index in [1.54, 1.807) is 0 Å². The third kappa shape index (κ3) is 1.67. The standard InChI is InChI=1S/C22H27NO3/c1-12-6-5-9-14(10-12)23-21(25)17-15-11-16-18(17)22(23,26-20(16)19(15)24)13-7-3-2-4-8-13/h5-6,9-10,13,15-20,24H,2-4,7-8,11H2,1H3. The van der Waals surface area contributed by atoms with Crippen molar-refractivity contribution in [3.8, 4) is 0 Å². The summed E-state index contributed by atoms with van der Waals surface area (Å²) in [5.74, 6) is 1.29. The highest BCUT2D eigenvalue weighted by atomic mass is 16.6. The van der Waals surface area contributed by atoms with Gasteiger partial charge in [-0.3, -0.25) is 9.69 Å². The van der Waals surface area contributed by atoms with Crippen molar-refractivity contribution in [3.05, 3.63) is 29.8 Å². The van der Waals surface area contributed by atoms with Crippen molar-refractivity contribution >= 4 is 11.6 Å². The van der Waals surface area contributed by atoms with E-state index in [4.69, 9.17) is 4.74 Å². The van der Waals surface area contributed by atoms with E-state index < -0.39 is 11.8 Å². The molecule has 5 aliphatic rings. The molecule has 26 heavy (non-hydrogen) atoms. The molecule has 138 valence electrons. The minimum atomic E-state index is -0.516. The van der Waals surface area contributed by atoms with E-state index in [9.17, 15) is 9.90 Å². The molecule has 6 rings (SSSR count). The van der Waals surface area contributed by atoms with Crippen LogP contribution in [0.4, 0.5) is 5.69 Å². The number of nitrogens with zero attached hydrogens (tertiary/aromatic N) is 1. The van der Waals surface area contributed by atoms with Crippen molar-refractivity contribution in [2.75, 3.05) is 4.90 Å². The fraction of sp³-hybridized carbons (Fsp3) is 0.682. The molecule has 0 radical (unpaired) electrons. The summed E-state index contributed by atoms with van der Waals surface area (Å²) in [5, 5.41) is 10.8. The van der Waals surface area contributed by atoms with Gasteiger partial charge in [-0.15, -0.1) is 0 Å². The van der Waals surface area contributed by atoms with Gasteiger partial charge in [0.1, 0.15) is 0 Å². The van der Waals surface area contributed by atoms with E-state index in [2.05, 4.69) is 30.0 Å². The van der Waals surface area contributed by atoms with Crippen LogP contribution in [0.1, 0.15) is 44.1 Å². The zero-order valence-corrected chi connectivity index (χ0v) is 15.3. The third-order valence-corrected chi connectivity index (χ3v) is 8.16. The summed E-state index contributed by atoms with van der Waals surface area (Å²) >= 11 is 0. The second-order valence-corrected chi connectivity index (χ2v) is 9.29. The van der Waals surface area contributed by atoms with Crippen LogP contribution in [0.5, 0.6) is 0 Å². The molecular formula is C22H27NO3. The molecule has 3 aliphatic carbocycles. The second kappa shape index (κ2) is 5.11. The minimum Gasteiger partial charge on any atom is -0.390 e. The lowest BCUT2D eigenvalue weighted by Crippen LogP contribution is -2.56. The van der Waals surface area contributed by atoms with Gasteiger partial charge in [-0.1, -0.05) is 31.4 Å². The van der Waals surface area contributed by atoms with Crippen LogP contribution in [0.15, 0.2) is 24.3 Å². The number of hydrogen-bond donors (Lipinski definition) is 1. The van der Waals surface area contributed by atoms with Gasteiger partial charge in [0.05, 0.1) is 18.1 Å². The van der Waals surface area contributed by atoms with Gasteiger partial charge in [0.25, 0.3) is 0 Å². The lowest BCUT2D eigenvalue weighted by molar-refractivity contribution is -0.140. The Hall–Kier alpha value is -1.39. The van der Waals surface area contributed by atoms with Crippen molar-refractivity contribution in [2.24, 2.45) is 29.6 Å². The molecule has 0 aromatic heterocycles. The van der Waals surface area contributed by atoms with Crippen molar-refractivity contribution in [3.63, 3.8) is 0 Å². The Labute approximate surface area is 154 Å². The van der Waals surface area contributed by atoms with E-state index in [1.807, 2.05) is 6.07 Å². The SMILES string of the molecule is Cc1cccc(N2C(=O)C3C4CC5C(OC2(C2CCCCC2)C53)C4O)c1. The molecule has 2 saturated heterocycles. The smallest absolute Gasteiger partial charge is 0.233 e. The molecule has 4 nitrogen and oxygen atoms in total. The van der Waals surface area contributed by atoms with E-state index in [0.29, 0.717) is 11.8 Å². The van der Waals surface area contributed by atoms with Gasteiger partial charge >= 0.3 is 0 Å². The van der Waals surface area contributed by atoms with Crippen LogP contribution in [0.3, 0.4) is 0 Å². The Morgan fingerprint density at radius 2 is 2.00 bits per heavy atom. The normalized spacial score (nSPS) is 46.5. The quantitative estimate of drug-likeness (QED) is 0.888. The molecule has 2 heterocycles. The topological polar surface area (TPSA) is 49.8 Å². The number of aliphatic hydroxyl groups is 1. The molecule has 5 fully saturated rings. The zero-order valence-electron chi connectivity index (χ0n) is 15.3. The van der Waals surface area contributed by atoms with Crippen LogP contribution < -0.4 is 4.90 Å². The first kappa shape index (κ1) is 15.6. The number of rotatable bonds is 2. The molecule has 0 spiro atoms. The van der Waals surface area contributed by atoms with Gasteiger partial charge < -0.3 is 9.84 Å². The van der Waals surface area contributed by atoms with Crippen molar-refractivity contribution in [1.82, 2.24) is 0 Å². The molecule has 1 aromatic carbocycles. The van der Waals surface area contributed by atoms with Crippen molar-refractivity contribution < 1.29 is 14.6 Å². The van der Waals surface area contributed by atoms with Crippen LogP contribution in [0.25, 0.3) is 0 Å². The van der Waals surface area contributed by atoms with Gasteiger partial charge in [-0.2, -0.15) is 0 Å². The molecule has 1 aromatic rings. The largest absolute Gasteiger partial charge is 0.390 e. The summed E-state index contributed by atoms with van der Waals surface area (Å²) in [6.45, 7) is 2.08. The highest BCUT2D eigenvalue weighted by Crippen LogP contribution is 2.70. The molecule has 7 atom stereocenters. The number of hydrogen-bond acceptors (Lipinski definition) is 3. The van der Waals surface area contributed by atoms with Gasteiger partial charge in [-0.25, -0.2) is 0 Å². The van der Waals surface area contributed by atoms with E-state index in [1.165, 1.54) is 24.8 Å². The Balaban J connectivity index is 1.54. The number of anilines is 1. The van der Waals surface area contributed by atoms with Crippen LogP contribution in [-0.4, -0.2) is 28.9 Å². The third-order valence-electron chi connectivity index (χ3n) is 8.16. The van der Waals surface area contributed by atoms with E-state index in [0.717, 1.165) is 24.9 Å². The van der Waals surface area contributed by atoms with Crippen LogP contribution in [-0.2, 0) is 9.53 Å². The predicted molar refractivity (Wildman–Crippen MR) is 97.4 cm³/mol. The first-order valence-corrected chi connectivity index (χ1v) is 10.4. The van der Waals surface area contributed by atoms with Crippen molar-refractivity contribution in [1.29, 1.82) is 0 Å². The van der Waals surface area contributed by atoms with Crippen LogP contribution in [0, 0.1) is 36.5 Å². The monoisotopic (exact) mass is 353 g/mol. The Morgan fingerprint density at radius 1 is 1.19 bits per heavy atom. The number of amides is 1. The Kier molecular flexibility index (Phi) is 3.07. The fourth-order valence-electron chi connectivity index (χ4n) is 7.37. The predicted octanol–water partition coefficient (Wildman–Crippen LogP) is 3.26. The Bertz CT molecular complexity index is 772. The first-order chi connectivity index (χ1) is 12.6. The summed E-state index contributed by atoms with van der Waals surface area (Å²) in [5.41, 5.74) is 1.65. The maximum atomic E-state index is 13.7. The minimum absolute atomic E-state index is 0.0452. The molecular weight excluding hydrogens is 326 g/mol. The molecule has 2 bridgehead atoms. The van der Waals surface area contributed by atoms with Gasteiger partial charge in [0.15, 0.2) is 5.72 Å². The molecule has 4 heteroatoms. The zero-order chi connectivity index (χ0) is 17.6. The molecule has 1 N–H and O–H groups in total. The van der Waals surface area contributed by atoms with Gasteiger partial charge in [-0.05, 0) is 55.7 Å². The highest BCUT2D eigenvalue weighted by Gasteiger charge is 2.79. The summed E-state index contributed by atoms with van der Waals surface area (Å²) in [6, 6.07) is 8.32. The highest BCUT2D eigenvalue weighted by molar-refractivity contribution is 6.00. The molecule has 2 aliphatic heterocycles. The Morgan fingerprint density at radius 3 is 2.77 bits per heavy atom. The second-order valence-electron chi connectivity index (χ2n) is 9.29. The fourth-order valence-corrected chi connectivity index (χ4v) is 7.37. The van der Waals surface area contributed by atoms with Crippen molar-refractivity contribution in [2.45, 2.75) is 63.4 Å². The lowest BCUT2D eigenvalue weighted by Gasteiger charge is -2.46. The summed E-state index contributed by atoms with van der Waals surface area (Å²) in [7, 11) is 0. The first-order valence-electron chi connectivity index (χ1n) is 10.4. The molecule has 3 saturated carbocycles. The van der Waals surface area contributed by atoms with Crippen LogP contribution in [0.2, 0.25) is 0 Å². The van der Waals surface area contributed by atoms with Gasteiger partial charge in [0.2, 0.25) is 5.91 Å². The summed E-state index contributed by atoms with van der Waals surface area (Å²) in [6.07, 6.45) is 6.48. The lowest BCUT2D eigenvalue weighted by atomic mass is 9.70. The number of aryl methyl sites for hydroxylation is 1. The summed E-state index contributed by atoms with van der Waals surface area (Å²) < 4.78 is 6.80. The average molecular weight is 353 g/mol. The number of fused-ring (bicyclic) bond motifs is 2. The number of carbonyl (C=O) groups excluding carboxylic acids is 1. The van der Waals surface area contributed by atoms with E-state index in [-0.39, 0.29) is 29.8 Å². The van der Waals surface area contributed by atoms with Gasteiger partial charge in [0, 0.05) is 17.5 Å². The maximum absolute atomic E-state index is 13.7. The number of carbonyl (C=O) groups is 1. The molecule has 1 amide bonds. The summed E-state index contributed by atoms with van der Waals surface area (Å²) in [4.78, 5) is 15.7. The average Bonchev–Trinajstić information content (AvgIpc) is 3.31. The number of ether oxygens (including phenoxy) is 1. The number of aliphatic hydroxyl groups excluding tert-OH is 1. The maximum Gasteiger partial charge on any atom is 0.233 e. The number of benzene rings is 1.